The Bertz CT molecular complexity index is 573. The molecule has 0 saturated carbocycles. The summed E-state index contributed by atoms with van der Waals surface area (Å²) in [5.74, 6) is -0.113. The predicted molar refractivity (Wildman–Crippen MR) is 59.9 cm³/mol. The van der Waals surface area contributed by atoms with E-state index in [4.69, 9.17) is 5.26 Å². The number of ketones is 1. The van der Waals surface area contributed by atoms with Crippen molar-refractivity contribution in [1.82, 2.24) is 4.98 Å². The van der Waals surface area contributed by atoms with E-state index in [1.54, 1.807) is 10.6 Å². The second kappa shape index (κ2) is 4.99. The number of pyridine rings is 2. The van der Waals surface area contributed by atoms with Gasteiger partial charge in [-0.25, -0.2) is 0 Å². The third-order valence-electron chi connectivity index (χ3n) is 2.28. The van der Waals surface area contributed by atoms with Crippen LogP contribution in [0.5, 0.6) is 0 Å². The minimum atomic E-state index is -0.113. The third-order valence-corrected chi connectivity index (χ3v) is 2.28. The van der Waals surface area contributed by atoms with Gasteiger partial charge in [0.2, 0.25) is 12.3 Å². The van der Waals surface area contributed by atoms with Gasteiger partial charge in [0.1, 0.15) is 5.69 Å². The standard InChI is InChI=1S/C13H10N3O/c14-9-11-4-5-15-12(8-11)13(17)10-16-6-2-1-3-7-16/h1-8H,10H2/q+1. The van der Waals surface area contributed by atoms with Gasteiger partial charge < -0.3 is 0 Å². The summed E-state index contributed by atoms with van der Waals surface area (Å²) in [6.45, 7) is 0.225. The highest BCUT2D eigenvalue weighted by atomic mass is 16.1. The second-order valence-corrected chi connectivity index (χ2v) is 3.51. The Morgan fingerprint density at radius 3 is 2.82 bits per heavy atom. The predicted octanol–water partition coefficient (Wildman–Crippen LogP) is 1.12. The number of aromatic nitrogens is 2. The molecule has 82 valence electrons. The van der Waals surface area contributed by atoms with E-state index in [0.717, 1.165) is 0 Å². The van der Waals surface area contributed by atoms with E-state index < -0.39 is 0 Å². The van der Waals surface area contributed by atoms with Crippen molar-refractivity contribution in [3.63, 3.8) is 0 Å². The highest BCUT2D eigenvalue weighted by Crippen LogP contribution is 2.01. The van der Waals surface area contributed by atoms with Crippen LogP contribution in [0.4, 0.5) is 0 Å². The topological polar surface area (TPSA) is 57.6 Å². The molecule has 0 bridgehead atoms. The molecule has 0 radical (unpaired) electrons. The van der Waals surface area contributed by atoms with Crippen molar-refractivity contribution in [3.05, 3.63) is 60.2 Å². The molecule has 0 spiro atoms. The first kappa shape index (κ1) is 11.0. The van der Waals surface area contributed by atoms with Gasteiger partial charge in [0.05, 0.1) is 11.6 Å². The van der Waals surface area contributed by atoms with Crippen molar-refractivity contribution in [2.45, 2.75) is 6.54 Å². The van der Waals surface area contributed by atoms with Crippen LogP contribution in [-0.2, 0) is 6.54 Å². The van der Waals surface area contributed by atoms with E-state index in [1.807, 2.05) is 36.7 Å². The molecule has 0 aromatic carbocycles. The molecule has 0 N–H and O–H groups in total. The average Bonchev–Trinajstić information content (AvgIpc) is 2.40. The summed E-state index contributed by atoms with van der Waals surface area (Å²) in [5.41, 5.74) is 0.766. The molecule has 0 unspecified atom stereocenters. The van der Waals surface area contributed by atoms with E-state index in [1.165, 1.54) is 12.3 Å². The van der Waals surface area contributed by atoms with Crippen LogP contribution >= 0.6 is 0 Å². The van der Waals surface area contributed by atoms with Gasteiger partial charge in [-0.15, -0.1) is 0 Å². The molecule has 2 heterocycles. The van der Waals surface area contributed by atoms with Crippen LogP contribution in [-0.4, -0.2) is 10.8 Å². The number of carbonyl (C=O) groups excluding carboxylic acids is 1. The molecule has 2 rings (SSSR count). The lowest BCUT2D eigenvalue weighted by atomic mass is 10.2. The number of Topliss-reactive ketones (excluding diaryl/α,β-unsaturated/α-hetero) is 1. The summed E-state index contributed by atoms with van der Waals surface area (Å²) in [6, 6.07) is 10.7. The molecule has 0 aliphatic heterocycles. The smallest absolute Gasteiger partial charge is 0.245 e. The van der Waals surface area contributed by atoms with Gasteiger partial charge in [0.15, 0.2) is 12.4 Å². The first-order chi connectivity index (χ1) is 8.29. The number of nitriles is 1. The summed E-state index contributed by atoms with van der Waals surface area (Å²) >= 11 is 0. The van der Waals surface area contributed by atoms with Crippen molar-refractivity contribution in [3.8, 4) is 6.07 Å². The quantitative estimate of drug-likeness (QED) is 0.580. The summed E-state index contributed by atoms with van der Waals surface area (Å²) < 4.78 is 1.77. The van der Waals surface area contributed by atoms with Crippen LogP contribution in [0.25, 0.3) is 0 Å². The Morgan fingerprint density at radius 1 is 1.35 bits per heavy atom. The van der Waals surface area contributed by atoms with Crippen molar-refractivity contribution in [1.29, 1.82) is 5.26 Å². The zero-order chi connectivity index (χ0) is 12.1. The van der Waals surface area contributed by atoms with Crippen LogP contribution in [0.15, 0.2) is 48.9 Å². The largest absolute Gasteiger partial charge is 0.285 e. The van der Waals surface area contributed by atoms with Crippen molar-refractivity contribution < 1.29 is 9.36 Å². The SMILES string of the molecule is N#Cc1ccnc(C(=O)C[n+]2ccccc2)c1. The van der Waals surface area contributed by atoms with Gasteiger partial charge in [0.25, 0.3) is 0 Å². The maximum Gasteiger partial charge on any atom is 0.245 e. The minimum absolute atomic E-state index is 0.113. The second-order valence-electron chi connectivity index (χ2n) is 3.51. The molecule has 2 aromatic heterocycles. The van der Waals surface area contributed by atoms with Crippen molar-refractivity contribution in [2.24, 2.45) is 0 Å². The van der Waals surface area contributed by atoms with Crippen LogP contribution in [0.1, 0.15) is 16.1 Å². The fourth-order valence-electron chi connectivity index (χ4n) is 1.44. The van der Waals surface area contributed by atoms with E-state index in [9.17, 15) is 4.79 Å². The van der Waals surface area contributed by atoms with Crippen LogP contribution < -0.4 is 4.57 Å². The van der Waals surface area contributed by atoms with Gasteiger partial charge in [-0.1, -0.05) is 6.07 Å². The molecule has 2 aromatic rings. The maximum absolute atomic E-state index is 11.9. The highest BCUT2D eigenvalue weighted by Gasteiger charge is 2.13. The Balaban J connectivity index is 2.18. The Hall–Kier alpha value is -2.54. The zero-order valence-corrected chi connectivity index (χ0v) is 9.08. The molecule has 0 fully saturated rings. The average molecular weight is 224 g/mol. The monoisotopic (exact) mass is 224 g/mol. The molecule has 0 aliphatic rings. The Labute approximate surface area is 98.8 Å². The Morgan fingerprint density at radius 2 is 2.12 bits per heavy atom. The molecule has 0 amide bonds. The summed E-state index contributed by atoms with van der Waals surface area (Å²) in [7, 11) is 0. The first-order valence-corrected chi connectivity index (χ1v) is 5.13. The number of hydrogen-bond donors (Lipinski definition) is 0. The Kier molecular flexibility index (Phi) is 3.22. The fourth-order valence-corrected chi connectivity index (χ4v) is 1.44. The summed E-state index contributed by atoms with van der Waals surface area (Å²) in [4.78, 5) is 15.9. The summed E-state index contributed by atoms with van der Waals surface area (Å²) in [6.07, 6.45) is 5.10. The molecule has 0 saturated heterocycles. The molecular weight excluding hydrogens is 214 g/mol. The van der Waals surface area contributed by atoms with Crippen molar-refractivity contribution >= 4 is 5.78 Å². The lowest BCUT2D eigenvalue weighted by Gasteiger charge is -1.97. The minimum Gasteiger partial charge on any atom is -0.285 e. The van der Waals surface area contributed by atoms with Gasteiger partial charge in [-0.05, 0) is 12.1 Å². The van der Waals surface area contributed by atoms with Crippen LogP contribution in [0.2, 0.25) is 0 Å². The molecule has 0 atom stereocenters. The van der Waals surface area contributed by atoms with E-state index in [-0.39, 0.29) is 12.3 Å². The first-order valence-electron chi connectivity index (χ1n) is 5.13. The molecule has 17 heavy (non-hydrogen) atoms. The van der Waals surface area contributed by atoms with E-state index in [2.05, 4.69) is 4.98 Å². The van der Waals surface area contributed by atoms with E-state index in [0.29, 0.717) is 11.3 Å². The maximum atomic E-state index is 11.9. The van der Waals surface area contributed by atoms with Gasteiger partial charge in [-0.2, -0.15) is 9.83 Å². The lowest BCUT2D eigenvalue weighted by molar-refractivity contribution is -0.683. The number of hydrogen-bond acceptors (Lipinski definition) is 3. The molecule has 4 heteroatoms. The number of rotatable bonds is 3. The van der Waals surface area contributed by atoms with Crippen LogP contribution in [0.3, 0.4) is 0 Å². The molecule has 4 nitrogen and oxygen atoms in total. The van der Waals surface area contributed by atoms with E-state index >= 15 is 0 Å². The number of carbonyl (C=O) groups is 1. The lowest BCUT2D eigenvalue weighted by Crippen LogP contribution is -2.37. The molecule has 0 aliphatic carbocycles. The summed E-state index contributed by atoms with van der Waals surface area (Å²) in [5, 5.41) is 8.74. The van der Waals surface area contributed by atoms with Gasteiger partial charge in [-0.3, -0.25) is 9.78 Å². The van der Waals surface area contributed by atoms with Crippen molar-refractivity contribution in [2.75, 3.05) is 0 Å². The fraction of sp³-hybridized carbons (Fsp3) is 0.0769. The van der Waals surface area contributed by atoms with Gasteiger partial charge in [0, 0.05) is 18.3 Å². The normalized spacial score (nSPS) is 9.59. The highest BCUT2D eigenvalue weighted by molar-refractivity contribution is 5.93. The third kappa shape index (κ3) is 2.73. The van der Waals surface area contributed by atoms with Gasteiger partial charge >= 0.3 is 0 Å². The van der Waals surface area contributed by atoms with Crippen LogP contribution in [0, 0.1) is 11.3 Å². The zero-order valence-electron chi connectivity index (χ0n) is 9.08. The molecular formula is C13H10N3O+. The number of nitrogens with zero attached hydrogens (tertiary/aromatic N) is 3.